The van der Waals surface area contributed by atoms with Crippen LogP contribution in [0.4, 0.5) is 0 Å². The highest BCUT2D eigenvalue weighted by Crippen LogP contribution is 2.48. The molecular formula is C24H30O7. The molecule has 2 aliphatic rings. The summed E-state index contributed by atoms with van der Waals surface area (Å²) >= 11 is 0. The van der Waals surface area contributed by atoms with Gasteiger partial charge in [0, 0.05) is 11.1 Å². The number of rotatable bonds is 4. The van der Waals surface area contributed by atoms with Crippen molar-refractivity contribution in [1.29, 1.82) is 0 Å². The standard InChI is InChI=1S/C24H30O7/c1-11-7-15-9-17(27-5)13(3)21(25)19(15)23(29-11)31-24-20-16(8-12(2)30-24)10-18(28-6)14(4)22(20)26/h9-12,23-26H,7-8H2,1-6H3. The Morgan fingerprint density at radius 1 is 0.774 bits per heavy atom. The van der Waals surface area contributed by atoms with Crippen molar-refractivity contribution in [1.82, 2.24) is 0 Å². The molecule has 0 fully saturated rings. The number of hydrogen-bond donors (Lipinski definition) is 2. The van der Waals surface area contributed by atoms with Gasteiger partial charge in [-0.15, -0.1) is 0 Å². The summed E-state index contributed by atoms with van der Waals surface area (Å²) in [6.07, 6.45) is -0.715. The van der Waals surface area contributed by atoms with Gasteiger partial charge in [-0.3, -0.25) is 0 Å². The number of methoxy groups -OCH3 is 2. The van der Waals surface area contributed by atoms with Gasteiger partial charge in [-0.1, -0.05) is 0 Å². The monoisotopic (exact) mass is 430 g/mol. The van der Waals surface area contributed by atoms with Crippen molar-refractivity contribution < 1.29 is 33.9 Å². The minimum Gasteiger partial charge on any atom is -0.507 e. The molecule has 0 amide bonds. The van der Waals surface area contributed by atoms with E-state index in [1.807, 2.05) is 26.0 Å². The molecule has 0 aliphatic carbocycles. The molecule has 2 aromatic rings. The Hall–Kier alpha value is -2.48. The van der Waals surface area contributed by atoms with E-state index in [1.54, 1.807) is 28.1 Å². The molecule has 168 valence electrons. The van der Waals surface area contributed by atoms with Crippen molar-refractivity contribution in [2.75, 3.05) is 14.2 Å². The summed E-state index contributed by atoms with van der Waals surface area (Å²) in [6, 6.07) is 3.84. The van der Waals surface area contributed by atoms with Crippen molar-refractivity contribution in [3.63, 3.8) is 0 Å². The van der Waals surface area contributed by atoms with Crippen LogP contribution in [0.2, 0.25) is 0 Å². The molecule has 2 aromatic carbocycles. The maximum Gasteiger partial charge on any atom is 0.191 e. The zero-order chi connectivity index (χ0) is 22.4. The summed E-state index contributed by atoms with van der Waals surface area (Å²) in [5, 5.41) is 21.8. The second kappa shape index (κ2) is 8.22. The van der Waals surface area contributed by atoms with Gasteiger partial charge in [0.05, 0.1) is 37.6 Å². The zero-order valence-electron chi connectivity index (χ0n) is 18.8. The van der Waals surface area contributed by atoms with Gasteiger partial charge < -0.3 is 33.9 Å². The predicted octanol–water partition coefficient (Wildman–Crippen LogP) is 4.37. The average Bonchev–Trinajstić information content (AvgIpc) is 2.72. The lowest BCUT2D eigenvalue weighted by atomic mass is 9.93. The number of phenolic OH excluding ortho intramolecular Hbond substituents is 2. The van der Waals surface area contributed by atoms with Crippen LogP contribution in [-0.4, -0.2) is 36.6 Å². The highest BCUT2D eigenvalue weighted by atomic mass is 16.8. The van der Waals surface area contributed by atoms with E-state index in [2.05, 4.69) is 0 Å². The fourth-order valence-corrected chi connectivity index (χ4v) is 4.50. The summed E-state index contributed by atoms with van der Waals surface area (Å²) < 4.78 is 29.3. The fraction of sp³-hybridized carbons (Fsp3) is 0.500. The van der Waals surface area contributed by atoms with E-state index in [1.165, 1.54) is 0 Å². The highest BCUT2D eigenvalue weighted by molar-refractivity contribution is 5.55. The molecule has 0 aromatic heterocycles. The molecule has 4 atom stereocenters. The van der Waals surface area contributed by atoms with Crippen LogP contribution >= 0.6 is 0 Å². The Labute approximate surface area is 182 Å². The van der Waals surface area contributed by atoms with Crippen LogP contribution in [0, 0.1) is 13.8 Å². The molecule has 4 unspecified atom stereocenters. The van der Waals surface area contributed by atoms with Gasteiger partial charge in [0.25, 0.3) is 0 Å². The summed E-state index contributed by atoms with van der Waals surface area (Å²) in [7, 11) is 3.16. The second-order valence-electron chi connectivity index (χ2n) is 8.35. The van der Waals surface area contributed by atoms with Crippen LogP contribution in [-0.2, 0) is 27.1 Å². The third kappa shape index (κ3) is 3.71. The number of hydrogen-bond acceptors (Lipinski definition) is 7. The summed E-state index contributed by atoms with van der Waals surface area (Å²) in [5.74, 6) is 1.42. The van der Waals surface area contributed by atoms with E-state index < -0.39 is 12.6 Å². The largest absolute Gasteiger partial charge is 0.507 e. The van der Waals surface area contributed by atoms with Gasteiger partial charge >= 0.3 is 0 Å². The maximum absolute atomic E-state index is 10.9. The number of phenols is 2. The summed E-state index contributed by atoms with van der Waals surface area (Å²) in [5.41, 5.74) is 4.20. The van der Waals surface area contributed by atoms with Gasteiger partial charge in [0.1, 0.15) is 23.0 Å². The molecule has 2 N–H and O–H groups in total. The summed E-state index contributed by atoms with van der Waals surface area (Å²) in [4.78, 5) is 0. The number of aromatic hydroxyl groups is 2. The van der Waals surface area contributed by atoms with E-state index in [0.717, 1.165) is 11.1 Å². The van der Waals surface area contributed by atoms with Crippen molar-refractivity contribution in [2.45, 2.75) is 65.3 Å². The van der Waals surface area contributed by atoms with E-state index in [4.69, 9.17) is 23.7 Å². The molecule has 0 radical (unpaired) electrons. The Balaban J connectivity index is 1.77. The van der Waals surface area contributed by atoms with Crippen LogP contribution in [0.15, 0.2) is 12.1 Å². The molecular weight excluding hydrogens is 400 g/mol. The van der Waals surface area contributed by atoms with Gasteiger partial charge in [-0.05, 0) is 63.8 Å². The lowest BCUT2D eigenvalue weighted by Gasteiger charge is -2.37. The van der Waals surface area contributed by atoms with Gasteiger partial charge in [-0.25, -0.2) is 0 Å². The molecule has 0 spiro atoms. The number of benzene rings is 2. The van der Waals surface area contributed by atoms with Crippen molar-refractivity contribution >= 4 is 0 Å². The normalized spacial score (nSPS) is 25.0. The van der Waals surface area contributed by atoms with E-state index in [9.17, 15) is 10.2 Å². The Morgan fingerprint density at radius 3 is 1.52 bits per heavy atom. The minimum atomic E-state index is -0.853. The maximum atomic E-state index is 10.9. The van der Waals surface area contributed by atoms with Gasteiger partial charge in [-0.2, -0.15) is 0 Å². The lowest BCUT2D eigenvalue weighted by Crippen LogP contribution is -2.31. The topological polar surface area (TPSA) is 86.6 Å². The Morgan fingerprint density at radius 2 is 1.16 bits per heavy atom. The molecule has 7 nitrogen and oxygen atoms in total. The van der Waals surface area contributed by atoms with Crippen molar-refractivity contribution in [2.24, 2.45) is 0 Å². The molecule has 2 aliphatic heterocycles. The van der Waals surface area contributed by atoms with Crippen LogP contribution in [0.1, 0.15) is 59.8 Å². The molecule has 4 rings (SSSR count). The smallest absolute Gasteiger partial charge is 0.191 e. The quantitative estimate of drug-likeness (QED) is 0.745. The van der Waals surface area contributed by atoms with Crippen molar-refractivity contribution in [3.05, 3.63) is 45.5 Å². The molecule has 7 heteroatoms. The third-order valence-corrected chi connectivity index (χ3v) is 6.15. The van der Waals surface area contributed by atoms with Crippen LogP contribution < -0.4 is 9.47 Å². The molecule has 0 saturated carbocycles. The molecule has 0 bridgehead atoms. The lowest BCUT2D eigenvalue weighted by molar-refractivity contribution is -0.282. The second-order valence-corrected chi connectivity index (χ2v) is 8.35. The third-order valence-electron chi connectivity index (χ3n) is 6.15. The first-order chi connectivity index (χ1) is 14.7. The van der Waals surface area contributed by atoms with E-state index >= 15 is 0 Å². The zero-order valence-corrected chi connectivity index (χ0v) is 18.8. The Kier molecular flexibility index (Phi) is 5.77. The van der Waals surface area contributed by atoms with Crippen LogP contribution in [0.5, 0.6) is 23.0 Å². The van der Waals surface area contributed by atoms with Crippen LogP contribution in [0.25, 0.3) is 0 Å². The van der Waals surface area contributed by atoms with Gasteiger partial charge in [0.2, 0.25) is 0 Å². The average molecular weight is 430 g/mol. The predicted molar refractivity (Wildman–Crippen MR) is 114 cm³/mol. The van der Waals surface area contributed by atoms with Gasteiger partial charge in [0.15, 0.2) is 12.6 Å². The van der Waals surface area contributed by atoms with E-state index in [0.29, 0.717) is 46.6 Å². The molecule has 31 heavy (non-hydrogen) atoms. The first-order valence-corrected chi connectivity index (χ1v) is 10.5. The Bertz CT molecular complexity index is 921. The highest BCUT2D eigenvalue weighted by Gasteiger charge is 2.37. The SMILES string of the molecule is COc1cc2c(c(O)c1C)C(OC1OC(C)Cc3cc(OC)c(C)c(O)c31)OC(C)C2. The first-order valence-electron chi connectivity index (χ1n) is 10.5. The number of ether oxygens (including phenoxy) is 5. The van der Waals surface area contributed by atoms with E-state index in [-0.39, 0.29) is 23.7 Å². The summed E-state index contributed by atoms with van der Waals surface area (Å²) in [6.45, 7) is 7.49. The first kappa shape index (κ1) is 21.7. The number of fused-ring (bicyclic) bond motifs is 2. The molecule has 2 heterocycles. The minimum absolute atomic E-state index is 0.0884. The van der Waals surface area contributed by atoms with Crippen LogP contribution in [0.3, 0.4) is 0 Å². The van der Waals surface area contributed by atoms with Crippen molar-refractivity contribution in [3.8, 4) is 23.0 Å². The molecule has 0 saturated heterocycles. The fourth-order valence-electron chi connectivity index (χ4n) is 4.50.